The molecule has 5 nitrogen and oxygen atoms in total. The normalized spacial score (nSPS) is 24.2. The largest absolute Gasteiger partial charge is 0.394 e. The predicted molar refractivity (Wildman–Crippen MR) is 64.4 cm³/mol. The van der Waals surface area contributed by atoms with Gasteiger partial charge in [-0.3, -0.25) is 4.68 Å². The standard InChI is InChI=1S/C11H20N4O/c1-4-16-9-5-8(6-9)13-11-10(12)7(2)14-15(11)3/h8-9,13H,4-6,12H2,1-3H3. The van der Waals surface area contributed by atoms with Crippen LogP contribution < -0.4 is 11.1 Å². The monoisotopic (exact) mass is 224 g/mol. The molecule has 90 valence electrons. The van der Waals surface area contributed by atoms with Crippen LogP contribution in [-0.4, -0.2) is 28.5 Å². The van der Waals surface area contributed by atoms with Gasteiger partial charge in [0.25, 0.3) is 0 Å². The zero-order valence-electron chi connectivity index (χ0n) is 10.2. The van der Waals surface area contributed by atoms with Crippen LogP contribution in [0, 0.1) is 6.92 Å². The third-order valence-corrected chi connectivity index (χ3v) is 3.11. The lowest BCUT2D eigenvalue weighted by molar-refractivity contribution is 0.00287. The Bertz CT molecular complexity index is 368. The van der Waals surface area contributed by atoms with E-state index in [1.54, 1.807) is 4.68 Å². The molecule has 1 aromatic heterocycles. The molecule has 1 aliphatic carbocycles. The van der Waals surface area contributed by atoms with Crippen LogP contribution >= 0.6 is 0 Å². The number of hydrogen-bond acceptors (Lipinski definition) is 4. The average Bonchev–Trinajstić information content (AvgIpc) is 2.41. The van der Waals surface area contributed by atoms with Crippen LogP contribution in [-0.2, 0) is 11.8 Å². The van der Waals surface area contributed by atoms with Crippen molar-refractivity contribution in [3.8, 4) is 0 Å². The van der Waals surface area contributed by atoms with E-state index in [1.807, 2.05) is 20.9 Å². The molecule has 0 amide bonds. The molecule has 1 fully saturated rings. The molecule has 0 saturated heterocycles. The van der Waals surface area contributed by atoms with Gasteiger partial charge in [-0.05, 0) is 26.7 Å². The average molecular weight is 224 g/mol. The summed E-state index contributed by atoms with van der Waals surface area (Å²) in [6.07, 6.45) is 2.52. The van der Waals surface area contributed by atoms with E-state index in [0.717, 1.165) is 36.6 Å². The number of nitrogens with two attached hydrogens (primary N) is 1. The summed E-state index contributed by atoms with van der Waals surface area (Å²) in [6.45, 7) is 4.75. The zero-order valence-corrected chi connectivity index (χ0v) is 10.2. The molecule has 1 aromatic rings. The summed E-state index contributed by atoms with van der Waals surface area (Å²) in [5, 5.41) is 7.69. The molecule has 16 heavy (non-hydrogen) atoms. The number of nitrogen functional groups attached to an aromatic ring is 1. The number of nitrogens with zero attached hydrogens (tertiary/aromatic N) is 2. The molecule has 2 rings (SSSR count). The van der Waals surface area contributed by atoms with Crippen molar-refractivity contribution in [1.29, 1.82) is 0 Å². The maximum Gasteiger partial charge on any atom is 0.147 e. The third-order valence-electron chi connectivity index (χ3n) is 3.11. The fourth-order valence-electron chi connectivity index (χ4n) is 2.09. The summed E-state index contributed by atoms with van der Waals surface area (Å²) in [7, 11) is 1.91. The Morgan fingerprint density at radius 1 is 1.56 bits per heavy atom. The highest BCUT2D eigenvalue weighted by atomic mass is 16.5. The molecule has 1 heterocycles. The van der Waals surface area contributed by atoms with E-state index in [2.05, 4.69) is 10.4 Å². The van der Waals surface area contributed by atoms with E-state index in [0.29, 0.717) is 12.1 Å². The minimum Gasteiger partial charge on any atom is -0.394 e. The van der Waals surface area contributed by atoms with Crippen LogP contribution in [0.15, 0.2) is 0 Å². The maximum absolute atomic E-state index is 5.95. The van der Waals surface area contributed by atoms with Crippen molar-refractivity contribution in [2.45, 2.75) is 38.8 Å². The van der Waals surface area contributed by atoms with Crippen LogP contribution in [0.25, 0.3) is 0 Å². The number of hydrogen-bond donors (Lipinski definition) is 2. The van der Waals surface area contributed by atoms with Crippen LogP contribution in [0.3, 0.4) is 0 Å². The van der Waals surface area contributed by atoms with E-state index in [4.69, 9.17) is 10.5 Å². The van der Waals surface area contributed by atoms with Gasteiger partial charge in [0.1, 0.15) is 5.82 Å². The van der Waals surface area contributed by atoms with Crippen LogP contribution in [0.5, 0.6) is 0 Å². The van der Waals surface area contributed by atoms with Gasteiger partial charge in [-0.2, -0.15) is 5.10 Å². The first-order chi connectivity index (χ1) is 7.61. The molecule has 1 saturated carbocycles. The summed E-state index contributed by atoms with van der Waals surface area (Å²) < 4.78 is 7.32. The van der Waals surface area contributed by atoms with Gasteiger partial charge >= 0.3 is 0 Å². The van der Waals surface area contributed by atoms with Gasteiger partial charge < -0.3 is 15.8 Å². The highest BCUT2D eigenvalue weighted by molar-refractivity contribution is 5.65. The number of anilines is 2. The highest BCUT2D eigenvalue weighted by Gasteiger charge is 2.30. The first-order valence-corrected chi connectivity index (χ1v) is 5.79. The summed E-state index contributed by atoms with van der Waals surface area (Å²) in [5.74, 6) is 0.928. The molecular weight excluding hydrogens is 204 g/mol. The number of aromatic nitrogens is 2. The molecule has 3 N–H and O–H groups in total. The van der Waals surface area contributed by atoms with Crippen molar-refractivity contribution in [3.05, 3.63) is 5.69 Å². The smallest absolute Gasteiger partial charge is 0.147 e. The zero-order chi connectivity index (χ0) is 11.7. The van der Waals surface area contributed by atoms with Gasteiger partial charge in [0.05, 0.1) is 17.5 Å². The Labute approximate surface area is 96.0 Å². The minimum atomic E-state index is 0.415. The van der Waals surface area contributed by atoms with Gasteiger partial charge in [-0.25, -0.2) is 0 Å². The Morgan fingerprint density at radius 3 is 2.75 bits per heavy atom. The van der Waals surface area contributed by atoms with Gasteiger partial charge in [0, 0.05) is 19.7 Å². The van der Waals surface area contributed by atoms with Crippen molar-refractivity contribution >= 4 is 11.5 Å². The van der Waals surface area contributed by atoms with Crippen molar-refractivity contribution in [3.63, 3.8) is 0 Å². The number of aryl methyl sites for hydroxylation is 2. The van der Waals surface area contributed by atoms with Gasteiger partial charge in [-0.1, -0.05) is 0 Å². The Balaban J connectivity index is 1.91. The van der Waals surface area contributed by atoms with Crippen molar-refractivity contribution in [2.24, 2.45) is 7.05 Å². The third kappa shape index (κ3) is 2.00. The molecule has 0 atom stereocenters. The Morgan fingerprint density at radius 2 is 2.25 bits per heavy atom. The Kier molecular flexibility index (Phi) is 3.05. The first-order valence-electron chi connectivity index (χ1n) is 5.79. The summed E-state index contributed by atoms with van der Waals surface area (Å²) >= 11 is 0. The second-order valence-corrected chi connectivity index (χ2v) is 4.36. The van der Waals surface area contributed by atoms with Crippen molar-refractivity contribution in [2.75, 3.05) is 17.7 Å². The molecule has 1 aliphatic rings. The lowest BCUT2D eigenvalue weighted by atomic mass is 9.89. The highest BCUT2D eigenvalue weighted by Crippen LogP contribution is 2.29. The molecule has 0 spiro atoms. The van der Waals surface area contributed by atoms with E-state index in [9.17, 15) is 0 Å². The van der Waals surface area contributed by atoms with Gasteiger partial charge in [0.2, 0.25) is 0 Å². The topological polar surface area (TPSA) is 65.1 Å². The van der Waals surface area contributed by atoms with Crippen molar-refractivity contribution in [1.82, 2.24) is 9.78 Å². The van der Waals surface area contributed by atoms with Gasteiger partial charge in [0.15, 0.2) is 0 Å². The quantitative estimate of drug-likeness (QED) is 0.809. The summed E-state index contributed by atoms with van der Waals surface area (Å²) in [4.78, 5) is 0. The number of rotatable bonds is 4. The molecule has 0 aromatic carbocycles. The molecule has 5 heteroatoms. The molecule has 0 unspecified atom stereocenters. The second kappa shape index (κ2) is 4.33. The fourth-order valence-corrected chi connectivity index (χ4v) is 2.09. The van der Waals surface area contributed by atoms with E-state index in [-0.39, 0.29) is 0 Å². The van der Waals surface area contributed by atoms with Crippen LogP contribution in [0.4, 0.5) is 11.5 Å². The Hall–Kier alpha value is -1.23. The summed E-state index contributed by atoms with van der Waals surface area (Å²) in [5.41, 5.74) is 7.58. The summed E-state index contributed by atoms with van der Waals surface area (Å²) in [6, 6.07) is 0.466. The fraction of sp³-hybridized carbons (Fsp3) is 0.727. The number of ether oxygens (including phenoxy) is 1. The molecule has 0 aliphatic heterocycles. The predicted octanol–water partition coefficient (Wildman–Crippen LogP) is 1.29. The van der Waals surface area contributed by atoms with Crippen molar-refractivity contribution < 1.29 is 4.74 Å². The minimum absolute atomic E-state index is 0.415. The number of nitrogens with one attached hydrogen (secondary N) is 1. The van der Waals surface area contributed by atoms with E-state index in [1.165, 1.54) is 0 Å². The first kappa shape index (κ1) is 11.3. The van der Waals surface area contributed by atoms with E-state index < -0.39 is 0 Å². The molecular formula is C11H20N4O. The van der Waals surface area contributed by atoms with Crippen LogP contribution in [0.2, 0.25) is 0 Å². The van der Waals surface area contributed by atoms with E-state index >= 15 is 0 Å². The van der Waals surface area contributed by atoms with Crippen LogP contribution in [0.1, 0.15) is 25.5 Å². The second-order valence-electron chi connectivity index (χ2n) is 4.36. The maximum atomic E-state index is 5.95. The lowest BCUT2D eigenvalue weighted by Gasteiger charge is -2.35. The molecule has 0 bridgehead atoms. The van der Waals surface area contributed by atoms with Gasteiger partial charge in [-0.15, -0.1) is 0 Å². The molecule has 0 radical (unpaired) electrons. The SMILES string of the molecule is CCOC1CC(Nc2c(N)c(C)nn2C)C1. The lowest BCUT2D eigenvalue weighted by Crippen LogP contribution is -2.41.